The number of carbonyl (C=O) groups is 2. The summed E-state index contributed by atoms with van der Waals surface area (Å²) >= 11 is 3.26. The minimum atomic E-state index is -0.348. The lowest BCUT2D eigenvalue weighted by Crippen LogP contribution is -2.35. The Bertz CT molecular complexity index is 1060. The van der Waals surface area contributed by atoms with E-state index in [4.69, 9.17) is 4.74 Å². The molecule has 0 fully saturated rings. The second-order valence-electron chi connectivity index (χ2n) is 7.05. The van der Waals surface area contributed by atoms with Crippen LogP contribution in [0.5, 0.6) is 5.75 Å². The van der Waals surface area contributed by atoms with Crippen molar-refractivity contribution >= 4 is 41.0 Å². The average molecular weight is 467 g/mol. The molecule has 1 aromatic heterocycles. The van der Waals surface area contributed by atoms with Gasteiger partial charge in [0, 0.05) is 28.5 Å². The van der Waals surface area contributed by atoms with Gasteiger partial charge in [-0.15, -0.1) is 11.3 Å². The summed E-state index contributed by atoms with van der Waals surface area (Å²) in [6, 6.07) is 19.0. The fourth-order valence-corrected chi connectivity index (χ4v) is 4.40. The zero-order valence-electron chi connectivity index (χ0n) is 18.1. The van der Waals surface area contributed by atoms with Gasteiger partial charge in [-0.1, -0.05) is 35.9 Å². The van der Waals surface area contributed by atoms with Gasteiger partial charge >= 0.3 is 0 Å². The van der Waals surface area contributed by atoms with E-state index in [0.717, 1.165) is 16.4 Å². The number of aryl methyl sites for hydroxylation is 1. The predicted molar refractivity (Wildman–Crippen MR) is 133 cm³/mol. The van der Waals surface area contributed by atoms with Crippen molar-refractivity contribution in [1.82, 2.24) is 10.6 Å². The molecule has 0 spiro atoms. The highest BCUT2D eigenvalue weighted by Gasteiger charge is 2.15. The number of nitrogens with one attached hydrogen (secondary N) is 2. The third-order valence-electron chi connectivity index (χ3n) is 4.56. The monoisotopic (exact) mass is 466 g/mol. The number of hydrogen-bond acceptors (Lipinski definition) is 5. The average Bonchev–Trinajstić information content (AvgIpc) is 3.31. The smallest absolute Gasteiger partial charge is 0.267 e. The fourth-order valence-electron chi connectivity index (χ4n) is 2.93. The lowest BCUT2D eigenvalue weighted by Gasteiger charge is -2.11. The summed E-state index contributed by atoms with van der Waals surface area (Å²) in [7, 11) is 1.57. The molecule has 0 saturated carbocycles. The van der Waals surface area contributed by atoms with E-state index in [1.54, 1.807) is 49.2 Å². The van der Waals surface area contributed by atoms with Gasteiger partial charge in [0.15, 0.2) is 0 Å². The Labute approximate surface area is 196 Å². The Morgan fingerprint density at radius 2 is 1.91 bits per heavy atom. The number of benzene rings is 2. The van der Waals surface area contributed by atoms with E-state index in [0.29, 0.717) is 17.9 Å². The summed E-state index contributed by atoms with van der Waals surface area (Å²) in [4.78, 5) is 26.4. The third-order valence-corrected chi connectivity index (χ3v) is 6.41. The lowest BCUT2D eigenvalue weighted by molar-refractivity contribution is -0.117. The molecule has 5 nitrogen and oxygen atoms in total. The predicted octanol–water partition coefficient (Wildman–Crippen LogP) is 4.89. The quantitative estimate of drug-likeness (QED) is 0.330. The third kappa shape index (κ3) is 7.28. The number of thiophene rings is 1. The second kappa shape index (κ2) is 12.1. The zero-order chi connectivity index (χ0) is 22.8. The molecule has 3 rings (SSSR count). The van der Waals surface area contributed by atoms with Gasteiger partial charge in [0.2, 0.25) is 0 Å². The molecule has 0 bridgehead atoms. The van der Waals surface area contributed by atoms with Gasteiger partial charge < -0.3 is 15.4 Å². The normalized spacial score (nSPS) is 11.1. The first kappa shape index (κ1) is 23.6. The second-order valence-corrected chi connectivity index (χ2v) is 9.14. The number of rotatable bonds is 10. The van der Waals surface area contributed by atoms with Crippen LogP contribution < -0.4 is 15.4 Å². The van der Waals surface area contributed by atoms with Crippen LogP contribution in [0.2, 0.25) is 0 Å². The van der Waals surface area contributed by atoms with Crippen molar-refractivity contribution in [1.29, 1.82) is 0 Å². The molecule has 2 N–H and O–H groups in total. The molecular formula is C25H26N2O3S2. The molecule has 166 valence electrons. The standard InChI is InChI=1S/C25H26N2O3S2/c1-18-5-3-6-19(15-18)17-31-14-12-26-25(29)23(16-22-7-4-13-32-22)27-24(28)20-8-10-21(30-2)11-9-20/h3-11,13,15-16H,12,14,17H2,1-2H3,(H,26,29)(H,27,28)/b23-16-. The van der Waals surface area contributed by atoms with Crippen LogP contribution in [0.15, 0.2) is 71.7 Å². The Morgan fingerprint density at radius 3 is 2.59 bits per heavy atom. The molecule has 2 aromatic carbocycles. The number of methoxy groups -OCH3 is 1. The van der Waals surface area contributed by atoms with Gasteiger partial charge in [-0.25, -0.2) is 0 Å². The van der Waals surface area contributed by atoms with Crippen LogP contribution in [-0.2, 0) is 10.5 Å². The highest BCUT2D eigenvalue weighted by molar-refractivity contribution is 7.98. The number of amides is 2. The van der Waals surface area contributed by atoms with Crippen molar-refractivity contribution in [2.24, 2.45) is 0 Å². The Morgan fingerprint density at radius 1 is 1.09 bits per heavy atom. The molecule has 32 heavy (non-hydrogen) atoms. The van der Waals surface area contributed by atoms with E-state index in [1.165, 1.54) is 22.5 Å². The number of thioether (sulfide) groups is 1. The molecule has 7 heteroatoms. The van der Waals surface area contributed by atoms with Gasteiger partial charge in [-0.2, -0.15) is 11.8 Å². The molecule has 0 aliphatic rings. The maximum Gasteiger partial charge on any atom is 0.267 e. The van der Waals surface area contributed by atoms with Gasteiger partial charge in [-0.3, -0.25) is 9.59 Å². The molecule has 3 aromatic rings. The van der Waals surface area contributed by atoms with Crippen LogP contribution in [0.4, 0.5) is 0 Å². The first-order valence-corrected chi connectivity index (χ1v) is 12.2. The van der Waals surface area contributed by atoms with Crippen LogP contribution in [0, 0.1) is 6.92 Å². The molecular weight excluding hydrogens is 440 g/mol. The van der Waals surface area contributed by atoms with Gasteiger partial charge in [0.05, 0.1) is 7.11 Å². The van der Waals surface area contributed by atoms with E-state index in [-0.39, 0.29) is 17.5 Å². The summed E-state index contributed by atoms with van der Waals surface area (Å²) in [6.07, 6.45) is 1.70. The summed E-state index contributed by atoms with van der Waals surface area (Å²) in [5.41, 5.74) is 3.18. The zero-order valence-corrected chi connectivity index (χ0v) is 19.7. The topological polar surface area (TPSA) is 67.4 Å². The van der Waals surface area contributed by atoms with E-state index >= 15 is 0 Å². The van der Waals surface area contributed by atoms with Crippen molar-refractivity contribution in [2.45, 2.75) is 12.7 Å². The lowest BCUT2D eigenvalue weighted by atomic mass is 10.2. The van der Waals surface area contributed by atoms with Crippen molar-refractivity contribution in [2.75, 3.05) is 19.4 Å². The summed E-state index contributed by atoms with van der Waals surface area (Å²) in [5, 5.41) is 7.59. The van der Waals surface area contributed by atoms with Crippen LogP contribution in [0.25, 0.3) is 6.08 Å². The summed E-state index contributed by atoms with van der Waals surface area (Å²) in [6.45, 7) is 2.59. The summed E-state index contributed by atoms with van der Waals surface area (Å²) in [5.74, 6) is 1.68. The Hall–Kier alpha value is -3.03. The first-order chi connectivity index (χ1) is 15.5. The molecule has 0 atom stereocenters. The van der Waals surface area contributed by atoms with Crippen molar-refractivity contribution in [3.63, 3.8) is 0 Å². The maximum atomic E-state index is 12.8. The summed E-state index contributed by atoms with van der Waals surface area (Å²) < 4.78 is 5.13. The van der Waals surface area contributed by atoms with Crippen LogP contribution in [-0.4, -0.2) is 31.2 Å². The minimum absolute atomic E-state index is 0.219. The molecule has 0 radical (unpaired) electrons. The Balaban J connectivity index is 1.57. The molecule has 0 unspecified atom stereocenters. The van der Waals surface area contributed by atoms with E-state index < -0.39 is 0 Å². The van der Waals surface area contributed by atoms with Gasteiger partial charge in [0.25, 0.3) is 11.8 Å². The molecule has 0 aliphatic heterocycles. The van der Waals surface area contributed by atoms with Crippen molar-refractivity contribution in [3.05, 3.63) is 93.3 Å². The molecule has 0 saturated heterocycles. The minimum Gasteiger partial charge on any atom is -0.497 e. The van der Waals surface area contributed by atoms with Crippen LogP contribution in [0.1, 0.15) is 26.4 Å². The van der Waals surface area contributed by atoms with Gasteiger partial charge in [-0.05, 0) is 54.3 Å². The maximum absolute atomic E-state index is 12.8. The largest absolute Gasteiger partial charge is 0.497 e. The number of ether oxygens (including phenoxy) is 1. The molecule has 1 heterocycles. The molecule has 2 amide bonds. The SMILES string of the molecule is COc1ccc(C(=O)N/C(=C\c2cccs2)C(=O)NCCSCc2cccc(C)c2)cc1. The fraction of sp³-hybridized carbons (Fsp3) is 0.200. The number of hydrogen-bond donors (Lipinski definition) is 2. The van der Waals surface area contributed by atoms with Crippen LogP contribution >= 0.6 is 23.1 Å². The van der Waals surface area contributed by atoms with Crippen LogP contribution in [0.3, 0.4) is 0 Å². The van der Waals surface area contributed by atoms with E-state index in [2.05, 4.69) is 41.8 Å². The van der Waals surface area contributed by atoms with E-state index in [1.807, 2.05) is 17.5 Å². The number of carbonyl (C=O) groups excluding carboxylic acids is 2. The highest BCUT2D eigenvalue weighted by Crippen LogP contribution is 2.15. The van der Waals surface area contributed by atoms with Crippen molar-refractivity contribution in [3.8, 4) is 5.75 Å². The van der Waals surface area contributed by atoms with E-state index in [9.17, 15) is 9.59 Å². The van der Waals surface area contributed by atoms with Crippen molar-refractivity contribution < 1.29 is 14.3 Å². The highest BCUT2D eigenvalue weighted by atomic mass is 32.2. The van der Waals surface area contributed by atoms with Gasteiger partial charge in [0.1, 0.15) is 11.4 Å². The first-order valence-electron chi connectivity index (χ1n) is 10.2. The Kier molecular flexibility index (Phi) is 8.95. The molecule has 0 aliphatic carbocycles.